The van der Waals surface area contributed by atoms with Crippen molar-refractivity contribution in [2.75, 3.05) is 24.5 Å². The summed E-state index contributed by atoms with van der Waals surface area (Å²) in [5, 5.41) is 7.02. The number of rotatable bonds is 9. The van der Waals surface area contributed by atoms with Crippen molar-refractivity contribution < 1.29 is 4.79 Å². The Labute approximate surface area is 214 Å². The zero-order valence-corrected chi connectivity index (χ0v) is 20.5. The number of anilines is 2. The minimum absolute atomic E-state index is 0.0225. The third-order valence-corrected chi connectivity index (χ3v) is 7.05. The van der Waals surface area contributed by atoms with E-state index in [0.29, 0.717) is 5.92 Å². The summed E-state index contributed by atoms with van der Waals surface area (Å²) in [7, 11) is 0. The molecule has 36 heavy (non-hydrogen) atoms. The highest BCUT2D eigenvalue weighted by Crippen LogP contribution is 2.34. The van der Waals surface area contributed by atoms with Gasteiger partial charge < -0.3 is 15.5 Å². The van der Waals surface area contributed by atoms with Gasteiger partial charge in [-0.1, -0.05) is 97.1 Å². The molecule has 2 atom stereocenters. The van der Waals surface area contributed by atoms with Crippen molar-refractivity contribution in [1.29, 1.82) is 0 Å². The molecule has 1 aliphatic heterocycles. The second kappa shape index (κ2) is 11.7. The number of benzene rings is 4. The lowest BCUT2D eigenvalue weighted by molar-refractivity contribution is -0.120. The maximum Gasteiger partial charge on any atom is 0.240 e. The molecule has 4 aromatic rings. The third-order valence-electron chi connectivity index (χ3n) is 7.05. The van der Waals surface area contributed by atoms with Gasteiger partial charge in [-0.2, -0.15) is 0 Å². The monoisotopic (exact) mass is 475 g/mol. The average molecular weight is 476 g/mol. The molecule has 4 heteroatoms. The second-order valence-electron chi connectivity index (χ2n) is 9.40. The SMILES string of the molecule is O=C(CN(c1ccccc1)c1ccccc1)NC(C1CCNC1)C(c1ccccc1)c1ccccc1. The summed E-state index contributed by atoms with van der Waals surface area (Å²) in [6.45, 7) is 2.14. The van der Waals surface area contributed by atoms with Gasteiger partial charge in [0.05, 0.1) is 0 Å². The maximum atomic E-state index is 13.8. The minimum Gasteiger partial charge on any atom is -0.351 e. The molecule has 1 saturated heterocycles. The lowest BCUT2D eigenvalue weighted by Gasteiger charge is -2.34. The van der Waals surface area contributed by atoms with E-state index in [0.717, 1.165) is 30.9 Å². The van der Waals surface area contributed by atoms with Crippen LogP contribution in [0.4, 0.5) is 11.4 Å². The molecule has 2 N–H and O–H groups in total. The average Bonchev–Trinajstić information content (AvgIpc) is 3.49. The topological polar surface area (TPSA) is 44.4 Å². The van der Waals surface area contributed by atoms with Crippen LogP contribution in [0, 0.1) is 5.92 Å². The standard InChI is InChI=1S/C32H33N3O/c36-30(24-35(28-17-9-3-10-18-28)29-19-11-4-12-20-29)34-32(27-21-22-33-23-27)31(25-13-5-1-6-14-25)26-15-7-2-8-16-26/h1-20,27,31-33H,21-24H2,(H,34,36). The van der Waals surface area contributed by atoms with Crippen LogP contribution >= 0.6 is 0 Å². The van der Waals surface area contributed by atoms with Gasteiger partial charge in [0.15, 0.2) is 0 Å². The normalized spacial score (nSPS) is 16.0. The summed E-state index contributed by atoms with van der Waals surface area (Å²) in [5.41, 5.74) is 4.45. The molecule has 0 saturated carbocycles. The molecule has 1 fully saturated rings. The number of hydrogen-bond acceptors (Lipinski definition) is 3. The lowest BCUT2D eigenvalue weighted by atomic mass is 9.78. The zero-order chi connectivity index (χ0) is 24.6. The second-order valence-corrected chi connectivity index (χ2v) is 9.40. The maximum absolute atomic E-state index is 13.8. The first-order valence-corrected chi connectivity index (χ1v) is 12.8. The zero-order valence-electron chi connectivity index (χ0n) is 20.5. The van der Waals surface area contributed by atoms with Crippen LogP contribution in [0.5, 0.6) is 0 Å². The molecule has 0 spiro atoms. The molecule has 4 nitrogen and oxygen atoms in total. The fourth-order valence-electron chi connectivity index (χ4n) is 5.31. The molecular formula is C32H33N3O. The van der Waals surface area contributed by atoms with E-state index in [4.69, 9.17) is 0 Å². The van der Waals surface area contributed by atoms with E-state index in [-0.39, 0.29) is 24.4 Å². The predicted octanol–water partition coefficient (Wildman–Crippen LogP) is 5.75. The first-order chi connectivity index (χ1) is 17.8. The Bertz CT molecular complexity index is 1130. The Morgan fingerprint density at radius 3 is 1.67 bits per heavy atom. The van der Waals surface area contributed by atoms with Crippen molar-refractivity contribution in [3.05, 3.63) is 132 Å². The summed E-state index contributed by atoms with van der Waals surface area (Å²) < 4.78 is 0. The first kappa shape index (κ1) is 23.8. The van der Waals surface area contributed by atoms with Crippen LogP contribution < -0.4 is 15.5 Å². The molecule has 1 aliphatic rings. The highest BCUT2D eigenvalue weighted by atomic mass is 16.2. The summed E-state index contributed by atoms with van der Waals surface area (Å²) in [6, 6.07) is 41.4. The van der Waals surface area contributed by atoms with Gasteiger partial charge in [-0.15, -0.1) is 0 Å². The Morgan fingerprint density at radius 2 is 1.22 bits per heavy atom. The number of amides is 1. The minimum atomic E-state index is -0.0225. The highest BCUT2D eigenvalue weighted by molar-refractivity contribution is 5.84. The van der Waals surface area contributed by atoms with E-state index in [9.17, 15) is 4.79 Å². The van der Waals surface area contributed by atoms with Crippen molar-refractivity contribution in [2.45, 2.75) is 18.4 Å². The van der Waals surface area contributed by atoms with Gasteiger partial charge in [-0.05, 0) is 60.8 Å². The van der Waals surface area contributed by atoms with E-state index in [1.807, 2.05) is 48.5 Å². The van der Waals surface area contributed by atoms with E-state index in [1.165, 1.54) is 11.1 Å². The predicted molar refractivity (Wildman–Crippen MR) is 148 cm³/mol. The van der Waals surface area contributed by atoms with E-state index < -0.39 is 0 Å². The van der Waals surface area contributed by atoms with Gasteiger partial charge in [-0.3, -0.25) is 4.79 Å². The van der Waals surface area contributed by atoms with Crippen molar-refractivity contribution in [3.63, 3.8) is 0 Å². The van der Waals surface area contributed by atoms with Crippen LogP contribution in [0.2, 0.25) is 0 Å². The number of nitrogens with one attached hydrogen (secondary N) is 2. The summed E-state index contributed by atoms with van der Waals surface area (Å²) in [5.74, 6) is 0.445. The van der Waals surface area contributed by atoms with Crippen molar-refractivity contribution >= 4 is 17.3 Å². The number of hydrogen-bond donors (Lipinski definition) is 2. The molecule has 1 heterocycles. The number of carbonyl (C=O) groups excluding carboxylic acids is 1. The van der Waals surface area contributed by atoms with Gasteiger partial charge >= 0.3 is 0 Å². The smallest absolute Gasteiger partial charge is 0.240 e. The fraction of sp³-hybridized carbons (Fsp3) is 0.219. The van der Waals surface area contributed by atoms with E-state index in [1.54, 1.807) is 0 Å². The molecule has 182 valence electrons. The van der Waals surface area contributed by atoms with Gasteiger partial charge in [0.25, 0.3) is 0 Å². The van der Waals surface area contributed by atoms with Gasteiger partial charge in [0.1, 0.15) is 6.54 Å². The van der Waals surface area contributed by atoms with Crippen molar-refractivity contribution in [3.8, 4) is 0 Å². The molecule has 0 aliphatic carbocycles. The molecule has 2 unspecified atom stereocenters. The molecular weight excluding hydrogens is 442 g/mol. The van der Waals surface area contributed by atoms with Crippen LogP contribution in [-0.4, -0.2) is 31.6 Å². The quantitative estimate of drug-likeness (QED) is 0.324. The molecule has 0 bridgehead atoms. The molecule has 4 aromatic carbocycles. The third kappa shape index (κ3) is 5.67. The van der Waals surface area contributed by atoms with Gasteiger partial charge in [0.2, 0.25) is 5.91 Å². The van der Waals surface area contributed by atoms with Crippen LogP contribution in [0.1, 0.15) is 23.5 Å². The molecule has 5 rings (SSSR count). The summed E-state index contributed by atoms with van der Waals surface area (Å²) >= 11 is 0. The molecule has 0 aromatic heterocycles. The van der Waals surface area contributed by atoms with Crippen molar-refractivity contribution in [2.24, 2.45) is 5.92 Å². The van der Waals surface area contributed by atoms with Crippen LogP contribution in [0.25, 0.3) is 0 Å². The number of carbonyl (C=O) groups is 1. The van der Waals surface area contributed by atoms with Crippen molar-refractivity contribution in [1.82, 2.24) is 10.6 Å². The summed E-state index contributed by atoms with van der Waals surface area (Å²) in [4.78, 5) is 15.8. The number of nitrogens with zero attached hydrogens (tertiary/aromatic N) is 1. The van der Waals surface area contributed by atoms with E-state index in [2.05, 4.69) is 88.3 Å². The van der Waals surface area contributed by atoms with Gasteiger partial charge in [-0.25, -0.2) is 0 Å². The molecule has 0 radical (unpaired) electrons. The molecule has 1 amide bonds. The lowest BCUT2D eigenvalue weighted by Crippen LogP contribution is -2.48. The van der Waals surface area contributed by atoms with Crippen LogP contribution in [-0.2, 0) is 4.79 Å². The van der Waals surface area contributed by atoms with Gasteiger partial charge in [0, 0.05) is 23.3 Å². The highest BCUT2D eigenvalue weighted by Gasteiger charge is 2.35. The van der Waals surface area contributed by atoms with Crippen LogP contribution in [0.15, 0.2) is 121 Å². The first-order valence-electron chi connectivity index (χ1n) is 12.8. The number of para-hydroxylation sites is 2. The fourth-order valence-corrected chi connectivity index (χ4v) is 5.31. The van der Waals surface area contributed by atoms with E-state index >= 15 is 0 Å². The largest absolute Gasteiger partial charge is 0.351 e. The Balaban J connectivity index is 1.46. The Kier molecular flexibility index (Phi) is 7.74. The Morgan fingerprint density at radius 1 is 0.750 bits per heavy atom. The Hall–Kier alpha value is -3.89. The summed E-state index contributed by atoms with van der Waals surface area (Å²) in [6.07, 6.45) is 1.04. The van der Waals surface area contributed by atoms with Crippen LogP contribution in [0.3, 0.4) is 0 Å².